The second kappa shape index (κ2) is 7.25. The Morgan fingerprint density at radius 1 is 1.17 bits per heavy atom. The van der Waals surface area contributed by atoms with E-state index < -0.39 is 11.9 Å². The Morgan fingerprint density at radius 2 is 1.83 bits per heavy atom. The normalized spacial score (nSPS) is 12.5. The average molecular weight is 325 g/mol. The van der Waals surface area contributed by atoms with Crippen LogP contribution in [0, 0.1) is 0 Å². The Labute approximate surface area is 142 Å². The molecule has 1 heterocycles. The molecule has 126 valence electrons. The number of benzene rings is 1. The molecule has 5 heteroatoms. The first-order valence-corrected chi connectivity index (χ1v) is 7.87. The van der Waals surface area contributed by atoms with Gasteiger partial charge in [-0.15, -0.1) is 0 Å². The van der Waals surface area contributed by atoms with Crippen LogP contribution in [-0.2, 0) is 16.6 Å². The van der Waals surface area contributed by atoms with Gasteiger partial charge in [-0.1, -0.05) is 45.0 Å². The van der Waals surface area contributed by atoms with Gasteiger partial charge >= 0.3 is 0 Å². The third-order valence-corrected chi connectivity index (χ3v) is 3.83. The van der Waals surface area contributed by atoms with E-state index in [-0.39, 0.29) is 11.3 Å². The Hall–Kier alpha value is -2.69. The van der Waals surface area contributed by atoms with Crippen molar-refractivity contribution in [1.82, 2.24) is 10.3 Å². The molecule has 0 aliphatic carbocycles. The predicted molar refractivity (Wildman–Crippen MR) is 93.5 cm³/mol. The first-order chi connectivity index (χ1) is 11.3. The Morgan fingerprint density at radius 3 is 2.33 bits per heavy atom. The summed E-state index contributed by atoms with van der Waals surface area (Å²) < 4.78 is 0. The minimum Gasteiger partial charge on any atom is -0.368 e. The maximum Gasteiger partial charge on any atom is 0.253 e. The second-order valence-electron chi connectivity index (χ2n) is 6.82. The summed E-state index contributed by atoms with van der Waals surface area (Å²) in [6.45, 7) is 6.42. The zero-order chi connectivity index (χ0) is 17.7. The SMILES string of the molecule is CC(C)(C)c1ccc(C[C@@H](NC(=O)c2cccnc2)C(N)=O)cc1. The summed E-state index contributed by atoms with van der Waals surface area (Å²) in [7, 11) is 0. The molecular weight excluding hydrogens is 302 g/mol. The predicted octanol–water partition coefficient (Wildman–Crippen LogP) is 2.21. The highest BCUT2D eigenvalue weighted by Gasteiger charge is 2.20. The van der Waals surface area contributed by atoms with E-state index in [0.717, 1.165) is 5.56 Å². The number of aromatic nitrogens is 1. The van der Waals surface area contributed by atoms with E-state index in [9.17, 15) is 9.59 Å². The van der Waals surface area contributed by atoms with Gasteiger partial charge in [0.25, 0.3) is 5.91 Å². The molecule has 24 heavy (non-hydrogen) atoms. The fourth-order valence-corrected chi connectivity index (χ4v) is 2.34. The Balaban J connectivity index is 2.09. The molecule has 0 saturated heterocycles. The van der Waals surface area contributed by atoms with Crippen LogP contribution in [0.5, 0.6) is 0 Å². The molecule has 0 radical (unpaired) electrons. The number of nitrogens with two attached hydrogens (primary N) is 1. The van der Waals surface area contributed by atoms with Crippen molar-refractivity contribution in [2.45, 2.75) is 38.6 Å². The first-order valence-electron chi connectivity index (χ1n) is 7.87. The molecule has 1 aromatic heterocycles. The van der Waals surface area contributed by atoms with Crippen molar-refractivity contribution >= 4 is 11.8 Å². The molecule has 0 bridgehead atoms. The lowest BCUT2D eigenvalue weighted by Gasteiger charge is -2.20. The molecule has 0 unspecified atom stereocenters. The van der Waals surface area contributed by atoms with Crippen molar-refractivity contribution in [1.29, 1.82) is 0 Å². The number of nitrogens with one attached hydrogen (secondary N) is 1. The highest BCUT2D eigenvalue weighted by molar-refractivity contribution is 5.97. The Kier molecular flexibility index (Phi) is 5.34. The van der Waals surface area contributed by atoms with E-state index in [1.165, 1.54) is 11.8 Å². The quantitative estimate of drug-likeness (QED) is 0.884. The van der Waals surface area contributed by atoms with Gasteiger partial charge in [0.15, 0.2) is 0 Å². The van der Waals surface area contributed by atoms with Crippen molar-refractivity contribution in [3.8, 4) is 0 Å². The summed E-state index contributed by atoms with van der Waals surface area (Å²) in [5.74, 6) is -0.926. The Bertz CT molecular complexity index is 704. The fraction of sp³-hybridized carbons (Fsp3) is 0.316. The van der Waals surface area contributed by atoms with E-state index in [1.54, 1.807) is 18.3 Å². The number of amides is 2. The van der Waals surface area contributed by atoms with Crippen molar-refractivity contribution in [2.24, 2.45) is 5.73 Å². The molecule has 0 fully saturated rings. The lowest BCUT2D eigenvalue weighted by atomic mass is 9.86. The molecule has 1 aromatic carbocycles. The minimum atomic E-state index is -0.766. The summed E-state index contributed by atoms with van der Waals surface area (Å²) in [6, 6.07) is 10.5. The summed E-state index contributed by atoms with van der Waals surface area (Å²) in [6.07, 6.45) is 3.39. The van der Waals surface area contributed by atoms with Crippen LogP contribution in [0.25, 0.3) is 0 Å². The van der Waals surface area contributed by atoms with Gasteiger partial charge in [0.2, 0.25) is 5.91 Å². The molecule has 1 atom stereocenters. The molecule has 0 saturated carbocycles. The van der Waals surface area contributed by atoms with E-state index in [2.05, 4.69) is 31.1 Å². The van der Waals surface area contributed by atoms with Crippen LogP contribution < -0.4 is 11.1 Å². The van der Waals surface area contributed by atoms with Gasteiger partial charge in [-0.05, 0) is 28.7 Å². The third-order valence-electron chi connectivity index (χ3n) is 3.83. The van der Waals surface area contributed by atoms with Crippen molar-refractivity contribution < 1.29 is 9.59 Å². The van der Waals surface area contributed by atoms with Gasteiger partial charge in [-0.3, -0.25) is 14.6 Å². The van der Waals surface area contributed by atoms with Gasteiger partial charge in [0.05, 0.1) is 5.56 Å². The number of primary amides is 1. The number of hydrogen-bond donors (Lipinski definition) is 2. The average Bonchev–Trinajstić information content (AvgIpc) is 2.54. The molecule has 0 aliphatic heterocycles. The fourth-order valence-electron chi connectivity index (χ4n) is 2.34. The minimum absolute atomic E-state index is 0.0656. The number of rotatable bonds is 5. The summed E-state index contributed by atoms with van der Waals surface area (Å²) >= 11 is 0. The smallest absolute Gasteiger partial charge is 0.253 e. The van der Waals surface area contributed by atoms with Crippen LogP contribution in [0.4, 0.5) is 0 Å². The maximum absolute atomic E-state index is 12.2. The van der Waals surface area contributed by atoms with E-state index in [0.29, 0.717) is 12.0 Å². The molecule has 3 N–H and O–H groups in total. The zero-order valence-corrected chi connectivity index (χ0v) is 14.2. The topological polar surface area (TPSA) is 85.1 Å². The molecule has 2 rings (SSSR count). The van der Waals surface area contributed by atoms with Crippen molar-refractivity contribution in [3.05, 3.63) is 65.5 Å². The number of pyridine rings is 1. The summed E-state index contributed by atoms with van der Waals surface area (Å²) in [4.78, 5) is 27.8. The highest BCUT2D eigenvalue weighted by Crippen LogP contribution is 2.22. The highest BCUT2D eigenvalue weighted by atomic mass is 16.2. The molecule has 5 nitrogen and oxygen atoms in total. The molecule has 0 aliphatic rings. The second-order valence-corrected chi connectivity index (χ2v) is 6.82. The van der Waals surface area contributed by atoms with Gasteiger partial charge in [-0.2, -0.15) is 0 Å². The number of carbonyl (C=O) groups is 2. The van der Waals surface area contributed by atoms with E-state index in [4.69, 9.17) is 5.73 Å². The summed E-state index contributed by atoms with van der Waals surface area (Å²) in [5, 5.41) is 2.67. The van der Waals surface area contributed by atoms with Crippen LogP contribution in [0.1, 0.15) is 42.3 Å². The largest absolute Gasteiger partial charge is 0.368 e. The van der Waals surface area contributed by atoms with Crippen LogP contribution in [0.3, 0.4) is 0 Å². The lowest BCUT2D eigenvalue weighted by molar-refractivity contribution is -0.119. The van der Waals surface area contributed by atoms with Crippen molar-refractivity contribution in [2.75, 3.05) is 0 Å². The zero-order valence-electron chi connectivity index (χ0n) is 14.2. The van der Waals surface area contributed by atoms with Crippen molar-refractivity contribution in [3.63, 3.8) is 0 Å². The third kappa shape index (κ3) is 4.65. The number of nitrogens with zero attached hydrogens (tertiary/aromatic N) is 1. The molecule has 0 spiro atoms. The molecule has 2 amide bonds. The van der Waals surface area contributed by atoms with E-state index >= 15 is 0 Å². The van der Waals surface area contributed by atoms with Gasteiger partial charge in [0.1, 0.15) is 6.04 Å². The van der Waals surface area contributed by atoms with Gasteiger partial charge in [-0.25, -0.2) is 0 Å². The summed E-state index contributed by atoms with van der Waals surface area (Å²) in [5.41, 5.74) is 8.05. The van der Waals surface area contributed by atoms with E-state index in [1.807, 2.05) is 24.3 Å². The van der Waals surface area contributed by atoms with Gasteiger partial charge in [0, 0.05) is 18.8 Å². The van der Waals surface area contributed by atoms with Crippen LogP contribution >= 0.6 is 0 Å². The van der Waals surface area contributed by atoms with Crippen LogP contribution in [0.2, 0.25) is 0 Å². The standard InChI is InChI=1S/C19H23N3O2/c1-19(2,3)15-8-6-13(7-9-15)11-16(17(20)23)22-18(24)14-5-4-10-21-12-14/h4-10,12,16H,11H2,1-3H3,(H2,20,23)(H,22,24)/t16-/m1/s1. The maximum atomic E-state index is 12.2. The molecule has 2 aromatic rings. The van der Waals surface area contributed by atoms with Crippen LogP contribution in [-0.4, -0.2) is 22.8 Å². The van der Waals surface area contributed by atoms with Gasteiger partial charge < -0.3 is 11.1 Å². The number of hydrogen-bond acceptors (Lipinski definition) is 3. The number of carbonyl (C=O) groups excluding carboxylic acids is 2. The van der Waals surface area contributed by atoms with Crippen LogP contribution in [0.15, 0.2) is 48.8 Å². The monoisotopic (exact) mass is 325 g/mol. The lowest BCUT2D eigenvalue weighted by Crippen LogP contribution is -2.45. The first kappa shape index (κ1) is 17.7. The molecular formula is C19H23N3O2.